The van der Waals surface area contributed by atoms with E-state index in [1.54, 1.807) is 36.4 Å². The predicted molar refractivity (Wildman–Crippen MR) is 123 cm³/mol. The fraction of sp³-hybridized carbons (Fsp3) is 0.0370. The minimum absolute atomic E-state index is 0.153. The van der Waals surface area contributed by atoms with Gasteiger partial charge in [0.05, 0.1) is 11.5 Å². The Kier molecular flexibility index (Phi) is 5.22. The Balaban J connectivity index is 1.46. The molecular formula is C27H19FN2O2. The van der Waals surface area contributed by atoms with E-state index in [9.17, 15) is 9.18 Å². The van der Waals surface area contributed by atoms with Gasteiger partial charge in [-0.3, -0.25) is 4.79 Å². The van der Waals surface area contributed by atoms with E-state index in [1.807, 2.05) is 60.7 Å². The molecule has 0 unspecified atom stereocenters. The summed E-state index contributed by atoms with van der Waals surface area (Å²) in [7, 11) is 0. The molecule has 0 aliphatic carbocycles. The number of carbonyl (C=O) groups is 1. The van der Waals surface area contributed by atoms with Gasteiger partial charge in [-0.05, 0) is 41.5 Å². The molecule has 4 nitrogen and oxygen atoms in total. The van der Waals surface area contributed by atoms with E-state index in [-0.39, 0.29) is 11.8 Å². The van der Waals surface area contributed by atoms with Crippen molar-refractivity contribution in [3.8, 4) is 11.5 Å². The second kappa shape index (κ2) is 8.47. The Bertz CT molecular complexity index is 1340. The first-order valence-electron chi connectivity index (χ1n) is 10.3. The number of nitrogens with one attached hydrogen (secondary N) is 1. The molecule has 0 atom stereocenters. The third-order valence-electron chi connectivity index (χ3n) is 5.29. The first kappa shape index (κ1) is 19.7. The molecule has 1 N–H and O–H groups in total. The van der Waals surface area contributed by atoms with Crippen molar-refractivity contribution in [1.29, 1.82) is 0 Å². The zero-order valence-corrected chi connectivity index (χ0v) is 17.0. The van der Waals surface area contributed by atoms with Crippen LogP contribution in [0.15, 0.2) is 108 Å². The Morgan fingerprint density at radius 3 is 2.09 bits per heavy atom. The van der Waals surface area contributed by atoms with Crippen LogP contribution in [0.2, 0.25) is 0 Å². The lowest BCUT2D eigenvalue weighted by Crippen LogP contribution is -2.22. The Hall–Kier alpha value is -4.25. The van der Waals surface area contributed by atoms with Crippen molar-refractivity contribution in [2.45, 2.75) is 5.92 Å². The van der Waals surface area contributed by atoms with E-state index < -0.39 is 11.7 Å². The third-order valence-corrected chi connectivity index (χ3v) is 5.29. The van der Waals surface area contributed by atoms with Crippen LogP contribution in [0.1, 0.15) is 17.0 Å². The maximum atomic E-state index is 14.1. The number of aromatic nitrogens is 1. The van der Waals surface area contributed by atoms with Gasteiger partial charge in [-0.1, -0.05) is 72.8 Å². The molecule has 156 valence electrons. The highest BCUT2D eigenvalue weighted by atomic mass is 19.1. The van der Waals surface area contributed by atoms with Crippen LogP contribution in [0.4, 0.5) is 10.1 Å². The Morgan fingerprint density at radius 2 is 1.44 bits per heavy atom. The summed E-state index contributed by atoms with van der Waals surface area (Å²) in [5, 5.41) is 3.00. The van der Waals surface area contributed by atoms with Crippen LogP contribution in [-0.2, 0) is 4.79 Å². The third kappa shape index (κ3) is 3.88. The van der Waals surface area contributed by atoms with E-state index in [4.69, 9.17) is 4.42 Å². The van der Waals surface area contributed by atoms with E-state index in [2.05, 4.69) is 10.3 Å². The first-order chi connectivity index (χ1) is 15.7. The van der Waals surface area contributed by atoms with E-state index in [0.29, 0.717) is 22.4 Å². The van der Waals surface area contributed by atoms with Crippen LogP contribution in [0.25, 0.3) is 22.6 Å². The van der Waals surface area contributed by atoms with Crippen molar-refractivity contribution in [1.82, 2.24) is 4.98 Å². The number of oxazole rings is 1. The first-order valence-corrected chi connectivity index (χ1v) is 10.3. The molecular weight excluding hydrogens is 403 g/mol. The molecule has 5 rings (SSSR count). The number of amides is 1. The summed E-state index contributed by atoms with van der Waals surface area (Å²) < 4.78 is 19.8. The lowest BCUT2D eigenvalue weighted by Gasteiger charge is -2.18. The molecule has 5 heteroatoms. The molecule has 0 saturated carbocycles. The van der Waals surface area contributed by atoms with Crippen LogP contribution in [-0.4, -0.2) is 10.9 Å². The van der Waals surface area contributed by atoms with Gasteiger partial charge in [0.25, 0.3) is 0 Å². The van der Waals surface area contributed by atoms with Gasteiger partial charge in [0.1, 0.15) is 11.3 Å². The zero-order valence-electron chi connectivity index (χ0n) is 17.0. The summed E-state index contributed by atoms with van der Waals surface area (Å²) in [4.78, 5) is 17.7. The highest BCUT2D eigenvalue weighted by molar-refractivity contribution is 5.99. The molecule has 1 aromatic heterocycles. The predicted octanol–water partition coefficient (Wildman–Crippen LogP) is 6.40. The highest BCUT2D eigenvalue weighted by Crippen LogP contribution is 2.30. The Labute approximate surface area is 184 Å². The van der Waals surface area contributed by atoms with Gasteiger partial charge in [0.2, 0.25) is 11.8 Å². The molecule has 5 aromatic rings. The second-order valence-corrected chi connectivity index (χ2v) is 7.42. The smallest absolute Gasteiger partial charge is 0.236 e. The molecule has 1 amide bonds. The van der Waals surface area contributed by atoms with Gasteiger partial charge >= 0.3 is 0 Å². The van der Waals surface area contributed by atoms with Gasteiger partial charge in [-0.15, -0.1) is 0 Å². The quantitative estimate of drug-likeness (QED) is 0.356. The molecule has 0 radical (unpaired) electrons. The zero-order chi connectivity index (χ0) is 21.9. The standard InChI is InChI=1S/C27H19FN2O2/c28-22-14-8-7-13-21(22)27-30-23-17-20(15-16-24(23)32-27)29-26(31)25(18-9-3-1-4-10-18)19-11-5-2-6-12-19/h1-17,25H,(H,29,31). The van der Waals surface area contributed by atoms with Gasteiger partial charge in [0, 0.05) is 5.69 Å². The van der Waals surface area contributed by atoms with Crippen LogP contribution < -0.4 is 5.32 Å². The largest absolute Gasteiger partial charge is 0.436 e. The van der Waals surface area contributed by atoms with Crippen molar-refractivity contribution in [3.05, 3.63) is 120 Å². The number of rotatable bonds is 5. The summed E-state index contributed by atoms with van der Waals surface area (Å²) in [6.07, 6.45) is 0. The highest BCUT2D eigenvalue weighted by Gasteiger charge is 2.23. The monoisotopic (exact) mass is 422 g/mol. The average Bonchev–Trinajstić information content (AvgIpc) is 3.24. The molecule has 32 heavy (non-hydrogen) atoms. The number of benzene rings is 4. The van der Waals surface area contributed by atoms with Crippen LogP contribution in [0, 0.1) is 5.82 Å². The summed E-state index contributed by atoms with van der Waals surface area (Å²) >= 11 is 0. The van der Waals surface area contributed by atoms with E-state index in [0.717, 1.165) is 11.1 Å². The van der Waals surface area contributed by atoms with Crippen molar-refractivity contribution >= 4 is 22.7 Å². The number of hydrogen-bond acceptors (Lipinski definition) is 3. The maximum Gasteiger partial charge on any atom is 0.236 e. The van der Waals surface area contributed by atoms with Gasteiger partial charge < -0.3 is 9.73 Å². The fourth-order valence-corrected chi connectivity index (χ4v) is 3.76. The summed E-state index contributed by atoms with van der Waals surface area (Å²) in [5.74, 6) is -0.812. The lowest BCUT2D eigenvalue weighted by atomic mass is 9.90. The molecule has 0 aliphatic heterocycles. The topological polar surface area (TPSA) is 55.1 Å². The minimum Gasteiger partial charge on any atom is -0.436 e. The van der Waals surface area contributed by atoms with Crippen molar-refractivity contribution < 1.29 is 13.6 Å². The summed E-state index contributed by atoms with van der Waals surface area (Å²) in [6, 6.07) is 30.8. The minimum atomic E-state index is -0.459. The number of fused-ring (bicyclic) bond motifs is 1. The normalized spacial score (nSPS) is 11.1. The molecule has 1 heterocycles. The second-order valence-electron chi connectivity index (χ2n) is 7.42. The van der Waals surface area contributed by atoms with Crippen LogP contribution in [0.3, 0.4) is 0 Å². The molecule has 0 saturated heterocycles. The molecule has 0 aliphatic rings. The molecule has 0 bridgehead atoms. The molecule has 0 spiro atoms. The average molecular weight is 422 g/mol. The van der Waals surface area contributed by atoms with Crippen molar-refractivity contribution in [2.24, 2.45) is 0 Å². The number of halogens is 1. The number of carbonyl (C=O) groups excluding carboxylic acids is 1. The van der Waals surface area contributed by atoms with Crippen LogP contribution >= 0.6 is 0 Å². The number of anilines is 1. The molecule has 4 aromatic carbocycles. The number of nitrogens with zero attached hydrogens (tertiary/aromatic N) is 1. The van der Waals surface area contributed by atoms with E-state index in [1.165, 1.54) is 6.07 Å². The SMILES string of the molecule is O=C(Nc1ccc2oc(-c3ccccc3F)nc2c1)C(c1ccccc1)c1ccccc1. The lowest BCUT2D eigenvalue weighted by molar-refractivity contribution is -0.116. The number of hydrogen-bond donors (Lipinski definition) is 1. The van der Waals surface area contributed by atoms with Gasteiger partial charge in [-0.2, -0.15) is 0 Å². The molecule has 0 fully saturated rings. The van der Waals surface area contributed by atoms with Crippen molar-refractivity contribution in [2.75, 3.05) is 5.32 Å². The van der Waals surface area contributed by atoms with Gasteiger partial charge in [-0.25, -0.2) is 9.37 Å². The van der Waals surface area contributed by atoms with E-state index >= 15 is 0 Å². The fourth-order valence-electron chi connectivity index (χ4n) is 3.76. The maximum absolute atomic E-state index is 14.1. The van der Waals surface area contributed by atoms with Crippen molar-refractivity contribution in [3.63, 3.8) is 0 Å². The summed E-state index contributed by atoms with van der Waals surface area (Å²) in [6.45, 7) is 0. The Morgan fingerprint density at radius 1 is 0.812 bits per heavy atom. The van der Waals surface area contributed by atoms with Crippen LogP contribution in [0.5, 0.6) is 0 Å². The van der Waals surface area contributed by atoms with Gasteiger partial charge in [0.15, 0.2) is 5.58 Å². The summed E-state index contributed by atoms with van der Waals surface area (Å²) in [5.41, 5.74) is 3.75.